The molecule has 0 aliphatic carbocycles. The fraction of sp³-hybridized carbons (Fsp3) is 0.214. The van der Waals surface area contributed by atoms with E-state index in [9.17, 15) is 0 Å². The highest BCUT2D eigenvalue weighted by atomic mass is 16.5. The largest absolute Gasteiger partial charge is 0.493 e. The summed E-state index contributed by atoms with van der Waals surface area (Å²) in [7, 11) is 1.61. The minimum Gasteiger partial charge on any atom is -0.493 e. The molecular weight excluding hydrogens is 228 g/mol. The molecule has 94 valence electrons. The Morgan fingerprint density at radius 3 is 2.67 bits per heavy atom. The predicted octanol–water partition coefficient (Wildman–Crippen LogP) is 2.65. The molecule has 1 aromatic carbocycles. The van der Waals surface area contributed by atoms with Gasteiger partial charge in [0.15, 0.2) is 11.5 Å². The van der Waals surface area contributed by atoms with Gasteiger partial charge in [-0.2, -0.15) is 0 Å². The van der Waals surface area contributed by atoms with Crippen LogP contribution in [0.5, 0.6) is 17.2 Å². The molecule has 0 radical (unpaired) electrons. The second-order valence-corrected chi connectivity index (χ2v) is 3.92. The summed E-state index contributed by atoms with van der Waals surface area (Å²) in [5.41, 5.74) is 7.50. The predicted molar refractivity (Wildman–Crippen MR) is 69.9 cm³/mol. The maximum absolute atomic E-state index is 5.77. The van der Waals surface area contributed by atoms with Gasteiger partial charge in [-0.1, -0.05) is 6.07 Å². The Bertz CT molecular complexity index is 541. The molecule has 0 aliphatic rings. The number of hydrogen-bond acceptors (Lipinski definition) is 4. The molecule has 0 aliphatic heterocycles. The van der Waals surface area contributed by atoms with Gasteiger partial charge >= 0.3 is 0 Å². The molecule has 2 N–H and O–H groups in total. The second-order valence-electron chi connectivity index (χ2n) is 3.92. The lowest BCUT2D eigenvalue weighted by Crippen LogP contribution is -1.98. The number of benzene rings is 1. The Kier molecular flexibility index (Phi) is 3.79. The second kappa shape index (κ2) is 5.51. The van der Waals surface area contributed by atoms with Crippen LogP contribution in [0.15, 0.2) is 36.5 Å². The number of rotatable bonds is 4. The van der Waals surface area contributed by atoms with E-state index in [1.807, 2.05) is 37.3 Å². The lowest BCUT2D eigenvalue weighted by atomic mass is 10.2. The van der Waals surface area contributed by atoms with E-state index in [1.54, 1.807) is 13.3 Å². The topological polar surface area (TPSA) is 57.4 Å². The summed E-state index contributed by atoms with van der Waals surface area (Å²) in [6.45, 7) is 2.40. The van der Waals surface area contributed by atoms with Crippen molar-refractivity contribution in [3.8, 4) is 17.2 Å². The number of aryl methyl sites for hydroxylation is 1. The van der Waals surface area contributed by atoms with Gasteiger partial charge in [-0.15, -0.1) is 0 Å². The number of hydrogen-bond donors (Lipinski definition) is 1. The zero-order valence-electron chi connectivity index (χ0n) is 10.5. The van der Waals surface area contributed by atoms with E-state index in [4.69, 9.17) is 15.2 Å². The van der Waals surface area contributed by atoms with Gasteiger partial charge in [0.1, 0.15) is 5.75 Å². The first-order valence-corrected chi connectivity index (χ1v) is 5.70. The molecule has 4 nitrogen and oxygen atoms in total. The SMILES string of the molecule is COc1cc(CN)ccc1Oc1ccnc(C)c1. The van der Waals surface area contributed by atoms with Gasteiger partial charge in [0, 0.05) is 24.5 Å². The van der Waals surface area contributed by atoms with E-state index in [2.05, 4.69) is 4.98 Å². The highest BCUT2D eigenvalue weighted by Crippen LogP contribution is 2.32. The third-order valence-corrected chi connectivity index (χ3v) is 2.56. The summed E-state index contributed by atoms with van der Waals surface area (Å²) >= 11 is 0. The number of pyridine rings is 1. The lowest BCUT2D eigenvalue weighted by molar-refractivity contribution is 0.378. The van der Waals surface area contributed by atoms with Crippen molar-refractivity contribution in [1.29, 1.82) is 0 Å². The first-order valence-electron chi connectivity index (χ1n) is 5.70. The van der Waals surface area contributed by atoms with Gasteiger partial charge in [0.05, 0.1) is 7.11 Å². The summed E-state index contributed by atoms with van der Waals surface area (Å²) in [5.74, 6) is 2.08. The molecule has 4 heteroatoms. The maximum Gasteiger partial charge on any atom is 0.169 e. The fourth-order valence-corrected chi connectivity index (χ4v) is 1.63. The average molecular weight is 244 g/mol. The van der Waals surface area contributed by atoms with E-state index in [-0.39, 0.29) is 0 Å². The number of aromatic nitrogens is 1. The molecule has 2 rings (SSSR count). The monoisotopic (exact) mass is 244 g/mol. The highest BCUT2D eigenvalue weighted by molar-refractivity contribution is 5.45. The van der Waals surface area contributed by atoms with Gasteiger partial charge in [-0.3, -0.25) is 4.98 Å². The van der Waals surface area contributed by atoms with Crippen LogP contribution < -0.4 is 15.2 Å². The summed E-state index contributed by atoms with van der Waals surface area (Å²) in [6, 6.07) is 9.34. The fourth-order valence-electron chi connectivity index (χ4n) is 1.63. The zero-order valence-corrected chi connectivity index (χ0v) is 10.5. The van der Waals surface area contributed by atoms with Crippen LogP contribution in [0.4, 0.5) is 0 Å². The van der Waals surface area contributed by atoms with Gasteiger partial charge in [0.2, 0.25) is 0 Å². The van der Waals surface area contributed by atoms with Crippen molar-refractivity contribution in [1.82, 2.24) is 4.98 Å². The van der Waals surface area contributed by atoms with Crippen molar-refractivity contribution in [2.75, 3.05) is 7.11 Å². The molecule has 2 aromatic rings. The van der Waals surface area contributed by atoms with Crippen LogP contribution in [0.2, 0.25) is 0 Å². The quantitative estimate of drug-likeness (QED) is 0.898. The van der Waals surface area contributed by atoms with Crippen molar-refractivity contribution in [3.05, 3.63) is 47.8 Å². The average Bonchev–Trinajstić information content (AvgIpc) is 2.39. The van der Waals surface area contributed by atoms with Crippen LogP contribution in [0.3, 0.4) is 0 Å². The number of ether oxygens (including phenoxy) is 2. The van der Waals surface area contributed by atoms with Gasteiger partial charge in [-0.25, -0.2) is 0 Å². The van der Waals surface area contributed by atoms with Crippen molar-refractivity contribution in [2.24, 2.45) is 5.73 Å². The molecule has 1 heterocycles. The lowest BCUT2D eigenvalue weighted by Gasteiger charge is -2.11. The Labute approximate surface area is 106 Å². The molecule has 0 spiro atoms. The molecule has 0 unspecified atom stereocenters. The minimum absolute atomic E-state index is 0.477. The van der Waals surface area contributed by atoms with Crippen LogP contribution in [0.25, 0.3) is 0 Å². The summed E-state index contributed by atoms with van der Waals surface area (Å²) in [5, 5.41) is 0. The molecule has 1 aromatic heterocycles. The third-order valence-electron chi connectivity index (χ3n) is 2.56. The van der Waals surface area contributed by atoms with E-state index < -0.39 is 0 Å². The first kappa shape index (κ1) is 12.4. The molecule has 0 saturated carbocycles. The summed E-state index contributed by atoms with van der Waals surface area (Å²) in [4.78, 5) is 4.12. The Hall–Kier alpha value is -2.07. The van der Waals surface area contributed by atoms with E-state index >= 15 is 0 Å². The van der Waals surface area contributed by atoms with E-state index in [1.165, 1.54) is 0 Å². The van der Waals surface area contributed by atoms with Crippen molar-refractivity contribution in [2.45, 2.75) is 13.5 Å². The molecule has 0 fully saturated rings. The first-order chi connectivity index (χ1) is 8.72. The normalized spacial score (nSPS) is 10.2. The number of nitrogens with zero attached hydrogens (tertiary/aromatic N) is 1. The maximum atomic E-state index is 5.77. The molecular formula is C14H16N2O2. The van der Waals surface area contributed by atoms with E-state index in [0.717, 1.165) is 17.0 Å². The van der Waals surface area contributed by atoms with Crippen LogP contribution >= 0.6 is 0 Å². The van der Waals surface area contributed by atoms with Gasteiger partial charge in [-0.05, 0) is 30.7 Å². The van der Waals surface area contributed by atoms with Crippen LogP contribution in [0, 0.1) is 6.92 Å². The highest BCUT2D eigenvalue weighted by Gasteiger charge is 2.06. The van der Waals surface area contributed by atoms with Crippen LogP contribution in [0.1, 0.15) is 11.3 Å². The Balaban J connectivity index is 2.28. The van der Waals surface area contributed by atoms with Gasteiger partial charge in [0.25, 0.3) is 0 Å². The molecule has 0 atom stereocenters. The van der Waals surface area contributed by atoms with Crippen LogP contribution in [-0.2, 0) is 6.54 Å². The third kappa shape index (κ3) is 2.78. The zero-order chi connectivity index (χ0) is 13.0. The summed E-state index contributed by atoms with van der Waals surface area (Å²) < 4.78 is 11.1. The van der Waals surface area contributed by atoms with Crippen molar-refractivity contribution >= 4 is 0 Å². The summed E-state index contributed by atoms with van der Waals surface area (Å²) in [6.07, 6.45) is 1.71. The number of methoxy groups -OCH3 is 1. The smallest absolute Gasteiger partial charge is 0.169 e. The van der Waals surface area contributed by atoms with Crippen molar-refractivity contribution in [3.63, 3.8) is 0 Å². The molecule has 0 bridgehead atoms. The van der Waals surface area contributed by atoms with Crippen molar-refractivity contribution < 1.29 is 9.47 Å². The van der Waals surface area contributed by atoms with E-state index in [0.29, 0.717) is 18.0 Å². The number of nitrogens with two attached hydrogens (primary N) is 1. The molecule has 0 amide bonds. The standard InChI is InChI=1S/C14H16N2O2/c1-10-7-12(5-6-16-10)18-13-4-3-11(9-15)8-14(13)17-2/h3-8H,9,15H2,1-2H3. The van der Waals surface area contributed by atoms with Crippen LogP contribution in [-0.4, -0.2) is 12.1 Å². The Morgan fingerprint density at radius 1 is 1.17 bits per heavy atom. The Morgan fingerprint density at radius 2 is 2.00 bits per heavy atom. The molecule has 0 saturated heterocycles. The van der Waals surface area contributed by atoms with Gasteiger partial charge < -0.3 is 15.2 Å². The minimum atomic E-state index is 0.477. The molecule has 18 heavy (non-hydrogen) atoms.